The maximum absolute atomic E-state index is 10.8. The molecule has 0 aliphatic carbocycles. The molecule has 0 spiro atoms. The lowest BCUT2D eigenvalue weighted by Gasteiger charge is -2.33. The smallest absolute Gasteiger partial charge is 0.235 e. The standard InChI is InChI=1S/C22H43NO4Si4/c1-19(20-12-11-13-21(14-20)22(2,3)23-16-24)15-29(5,6)25-17-30(7,8)26-18-31(9,10)27-28-4/h11-14,19H,15,17-18,28H2,1-10H3. The van der Waals surface area contributed by atoms with E-state index in [2.05, 4.69) is 75.9 Å². The maximum atomic E-state index is 10.8. The van der Waals surface area contributed by atoms with Crippen molar-refractivity contribution in [1.82, 2.24) is 0 Å². The number of hydrogen-bond donors (Lipinski definition) is 0. The molecule has 1 rings (SSSR count). The molecule has 31 heavy (non-hydrogen) atoms. The van der Waals surface area contributed by atoms with Gasteiger partial charge in [-0.25, -0.2) is 4.79 Å². The Labute approximate surface area is 195 Å². The molecule has 1 aromatic carbocycles. The van der Waals surface area contributed by atoms with Crippen molar-refractivity contribution in [3.63, 3.8) is 0 Å². The van der Waals surface area contributed by atoms with Crippen LogP contribution < -0.4 is 0 Å². The molecule has 5 nitrogen and oxygen atoms in total. The molecule has 0 aromatic heterocycles. The Hall–Kier alpha value is -0.652. The minimum Gasteiger partial charge on any atom is -0.459 e. The van der Waals surface area contributed by atoms with Crippen molar-refractivity contribution in [3.05, 3.63) is 35.4 Å². The van der Waals surface area contributed by atoms with Crippen LogP contribution in [0.5, 0.6) is 0 Å². The SMILES string of the molecule is C[SiH2]O[Si](C)(C)CO[Si](C)(C)CO[Si](C)(C)CC(C)c1cccc(C(C)(C)N=C=O)c1. The summed E-state index contributed by atoms with van der Waals surface area (Å²) in [6.45, 7) is 21.9. The lowest BCUT2D eigenvalue weighted by atomic mass is 9.91. The number of isocyanates is 1. The first-order valence-electron chi connectivity index (χ1n) is 11.2. The molecule has 0 saturated carbocycles. The predicted molar refractivity (Wildman–Crippen MR) is 141 cm³/mol. The molecule has 0 aliphatic heterocycles. The Morgan fingerprint density at radius 1 is 1.03 bits per heavy atom. The molecule has 0 radical (unpaired) electrons. The van der Waals surface area contributed by atoms with Gasteiger partial charge >= 0.3 is 0 Å². The quantitative estimate of drug-likeness (QED) is 0.212. The van der Waals surface area contributed by atoms with Crippen LogP contribution in [-0.4, -0.2) is 53.3 Å². The van der Waals surface area contributed by atoms with Crippen LogP contribution in [0.4, 0.5) is 0 Å². The summed E-state index contributed by atoms with van der Waals surface area (Å²) >= 11 is 0. The van der Waals surface area contributed by atoms with Crippen molar-refractivity contribution >= 4 is 40.8 Å². The second kappa shape index (κ2) is 11.5. The zero-order valence-corrected chi connectivity index (χ0v) is 25.7. The second-order valence-electron chi connectivity index (χ2n) is 10.8. The van der Waals surface area contributed by atoms with Gasteiger partial charge in [0.15, 0.2) is 16.6 Å². The van der Waals surface area contributed by atoms with Crippen molar-refractivity contribution < 1.29 is 17.8 Å². The highest BCUT2D eigenvalue weighted by atomic mass is 28.4. The largest absolute Gasteiger partial charge is 0.459 e. The zero-order chi connectivity index (χ0) is 23.9. The van der Waals surface area contributed by atoms with E-state index in [1.165, 1.54) is 5.56 Å². The van der Waals surface area contributed by atoms with Crippen LogP contribution in [0.1, 0.15) is 37.8 Å². The van der Waals surface area contributed by atoms with Gasteiger partial charge in [-0.3, -0.25) is 0 Å². The minimum absolute atomic E-state index is 0.373. The predicted octanol–water partition coefficient (Wildman–Crippen LogP) is 5.24. The van der Waals surface area contributed by atoms with Gasteiger partial charge in [-0.05, 0) is 76.2 Å². The molecule has 0 fully saturated rings. The molecule has 0 saturated heterocycles. The van der Waals surface area contributed by atoms with Gasteiger partial charge in [-0.15, -0.1) is 0 Å². The van der Waals surface area contributed by atoms with Crippen molar-refractivity contribution in [2.24, 2.45) is 4.99 Å². The van der Waals surface area contributed by atoms with Gasteiger partial charge in [0.2, 0.25) is 14.4 Å². The molecule has 0 aliphatic rings. The number of rotatable bonds is 13. The number of nitrogens with zero attached hydrogens (tertiary/aromatic N) is 1. The molecule has 1 atom stereocenters. The van der Waals surface area contributed by atoms with E-state index in [0.29, 0.717) is 5.92 Å². The average molecular weight is 498 g/mol. The number of carbonyl (C=O) groups excluding carboxylic acids is 1. The second-order valence-corrected chi connectivity index (χ2v) is 24.6. The molecule has 9 heteroatoms. The Kier molecular flexibility index (Phi) is 10.5. The molecular formula is C22H43NO4Si4. The summed E-state index contributed by atoms with van der Waals surface area (Å²) in [4.78, 5) is 14.7. The third kappa shape index (κ3) is 10.2. The van der Waals surface area contributed by atoms with Crippen LogP contribution in [0.15, 0.2) is 29.3 Å². The topological polar surface area (TPSA) is 57.1 Å². The summed E-state index contributed by atoms with van der Waals surface area (Å²) in [5, 5.41) is 0. The highest BCUT2D eigenvalue weighted by Crippen LogP contribution is 2.31. The van der Waals surface area contributed by atoms with Crippen LogP contribution in [-0.2, 0) is 23.3 Å². The first kappa shape index (κ1) is 28.4. The molecule has 0 amide bonds. The van der Waals surface area contributed by atoms with Crippen LogP contribution in [0.25, 0.3) is 0 Å². The molecule has 0 N–H and O–H groups in total. The summed E-state index contributed by atoms with van der Waals surface area (Å²) in [6.07, 6.45) is 3.20. The van der Waals surface area contributed by atoms with E-state index in [-0.39, 0.29) is 0 Å². The van der Waals surface area contributed by atoms with Crippen LogP contribution >= 0.6 is 0 Å². The van der Waals surface area contributed by atoms with Gasteiger partial charge in [0, 0.05) is 0 Å². The summed E-state index contributed by atoms with van der Waals surface area (Å²) in [5.74, 6) is 0.373. The van der Waals surface area contributed by atoms with Crippen LogP contribution in [0.3, 0.4) is 0 Å². The Morgan fingerprint density at radius 2 is 1.61 bits per heavy atom. The van der Waals surface area contributed by atoms with E-state index < -0.39 is 40.3 Å². The van der Waals surface area contributed by atoms with E-state index in [0.717, 1.165) is 24.1 Å². The van der Waals surface area contributed by atoms with Crippen molar-refractivity contribution in [2.45, 2.75) is 84.1 Å². The zero-order valence-electron chi connectivity index (χ0n) is 21.3. The van der Waals surface area contributed by atoms with Crippen LogP contribution in [0, 0.1) is 0 Å². The van der Waals surface area contributed by atoms with Gasteiger partial charge in [-0.1, -0.05) is 37.7 Å². The molecule has 0 heterocycles. The lowest BCUT2D eigenvalue weighted by molar-refractivity contribution is 0.290. The van der Waals surface area contributed by atoms with E-state index in [1.807, 2.05) is 19.9 Å². The summed E-state index contributed by atoms with van der Waals surface area (Å²) in [7, 11) is -5.84. The maximum Gasteiger partial charge on any atom is 0.235 e. The fourth-order valence-corrected chi connectivity index (χ4v) is 14.8. The first-order chi connectivity index (χ1) is 14.1. The van der Waals surface area contributed by atoms with Gasteiger partial charge in [-0.2, -0.15) is 4.99 Å². The van der Waals surface area contributed by atoms with E-state index in [4.69, 9.17) is 13.0 Å². The van der Waals surface area contributed by atoms with Gasteiger partial charge in [0.05, 0.1) is 18.0 Å². The third-order valence-electron chi connectivity index (χ3n) is 5.44. The Bertz CT molecular complexity index is 762. The molecular weight excluding hydrogens is 455 g/mol. The van der Waals surface area contributed by atoms with Crippen molar-refractivity contribution in [3.8, 4) is 0 Å². The summed E-state index contributed by atoms with van der Waals surface area (Å²) in [6, 6.07) is 9.43. The van der Waals surface area contributed by atoms with Crippen molar-refractivity contribution in [2.75, 3.05) is 12.5 Å². The third-order valence-corrected chi connectivity index (χ3v) is 15.4. The minimum atomic E-state index is -1.89. The van der Waals surface area contributed by atoms with Gasteiger partial charge in [0.1, 0.15) is 9.76 Å². The average Bonchev–Trinajstić information content (AvgIpc) is 2.65. The highest BCUT2D eigenvalue weighted by molar-refractivity contribution is 6.78. The fourth-order valence-electron chi connectivity index (χ4n) is 3.53. The highest BCUT2D eigenvalue weighted by Gasteiger charge is 2.33. The number of benzene rings is 1. The molecule has 0 bridgehead atoms. The van der Waals surface area contributed by atoms with E-state index in [9.17, 15) is 4.79 Å². The van der Waals surface area contributed by atoms with Crippen molar-refractivity contribution in [1.29, 1.82) is 0 Å². The Morgan fingerprint density at radius 3 is 2.19 bits per heavy atom. The monoisotopic (exact) mass is 497 g/mol. The summed E-state index contributed by atoms with van der Waals surface area (Å²) < 4.78 is 18.9. The molecule has 176 valence electrons. The van der Waals surface area contributed by atoms with Gasteiger partial charge < -0.3 is 13.0 Å². The Balaban J connectivity index is 2.74. The number of hydrogen-bond acceptors (Lipinski definition) is 5. The molecule has 1 unspecified atom stereocenters. The number of aliphatic imine (C=N–C) groups is 1. The van der Waals surface area contributed by atoms with E-state index >= 15 is 0 Å². The first-order valence-corrected chi connectivity index (χ1v) is 22.6. The van der Waals surface area contributed by atoms with Gasteiger partial charge in [0.25, 0.3) is 0 Å². The fraction of sp³-hybridized carbons (Fsp3) is 0.682. The van der Waals surface area contributed by atoms with Crippen LogP contribution in [0.2, 0.25) is 51.9 Å². The normalized spacial score (nSPS) is 14.6. The lowest BCUT2D eigenvalue weighted by Crippen LogP contribution is -2.48. The summed E-state index contributed by atoms with van der Waals surface area (Å²) in [5.41, 5.74) is 1.73. The molecule has 1 aromatic rings. The van der Waals surface area contributed by atoms with E-state index in [1.54, 1.807) is 6.08 Å².